The van der Waals surface area contributed by atoms with Gasteiger partial charge in [-0.15, -0.1) is 0 Å². The SMILES string of the molecule is C[C@@]12CCCC34C(OC(C(O)C31)C13CCC(CC14)[C@@](C)(O)C3)N1CCOC12. The van der Waals surface area contributed by atoms with Crippen LogP contribution in [-0.2, 0) is 9.47 Å². The smallest absolute Gasteiger partial charge is 0.119 e. The van der Waals surface area contributed by atoms with E-state index in [1.54, 1.807) is 0 Å². The number of hydrogen-bond acceptors (Lipinski definition) is 5. The summed E-state index contributed by atoms with van der Waals surface area (Å²) in [6.07, 6.45) is 7.37. The number of nitrogens with zero attached hydrogens (tertiary/aromatic N) is 1. The van der Waals surface area contributed by atoms with E-state index in [2.05, 4.69) is 11.8 Å². The van der Waals surface area contributed by atoms with Crippen LogP contribution in [0.5, 0.6) is 0 Å². The highest BCUT2D eigenvalue weighted by Crippen LogP contribution is 2.79. The molecule has 9 fully saturated rings. The van der Waals surface area contributed by atoms with E-state index in [4.69, 9.17) is 9.47 Å². The van der Waals surface area contributed by atoms with E-state index in [1.807, 2.05) is 6.92 Å². The molecule has 11 atom stereocenters. The summed E-state index contributed by atoms with van der Waals surface area (Å²) in [5.41, 5.74) is -0.567. The first-order valence-corrected chi connectivity index (χ1v) is 11.3. The first kappa shape index (κ1) is 16.6. The molecule has 150 valence electrons. The number of rotatable bonds is 0. The van der Waals surface area contributed by atoms with Crippen molar-refractivity contribution < 1.29 is 19.7 Å². The van der Waals surface area contributed by atoms with Gasteiger partial charge in [0, 0.05) is 28.7 Å². The van der Waals surface area contributed by atoms with Crippen molar-refractivity contribution in [2.75, 3.05) is 13.2 Å². The molecule has 5 nitrogen and oxygen atoms in total. The molecule has 9 aliphatic rings. The van der Waals surface area contributed by atoms with Crippen LogP contribution in [0.3, 0.4) is 0 Å². The number of aliphatic hydroxyl groups excluding tert-OH is 1. The third-order valence-corrected chi connectivity index (χ3v) is 10.7. The number of fused-ring (bicyclic) bond motifs is 4. The summed E-state index contributed by atoms with van der Waals surface area (Å²) in [6, 6.07) is 0. The summed E-state index contributed by atoms with van der Waals surface area (Å²) < 4.78 is 13.1. The molecule has 0 amide bonds. The molecule has 5 saturated carbocycles. The van der Waals surface area contributed by atoms with E-state index < -0.39 is 11.7 Å². The van der Waals surface area contributed by atoms with Gasteiger partial charge in [0.15, 0.2) is 0 Å². The summed E-state index contributed by atoms with van der Waals surface area (Å²) in [4.78, 5) is 2.53. The quantitative estimate of drug-likeness (QED) is 0.679. The van der Waals surface area contributed by atoms with E-state index in [0.29, 0.717) is 11.8 Å². The molecule has 4 saturated heterocycles. The van der Waals surface area contributed by atoms with Crippen LogP contribution < -0.4 is 0 Å². The van der Waals surface area contributed by atoms with Crippen molar-refractivity contribution in [1.82, 2.24) is 4.90 Å². The summed E-state index contributed by atoms with van der Waals surface area (Å²) in [5.74, 6) is 1.28. The summed E-state index contributed by atoms with van der Waals surface area (Å²) >= 11 is 0. The van der Waals surface area contributed by atoms with Gasteiger partial charge >= 0.3 is 0 Å². The Kier molecular flexibility index (Phi) is 2.82. The number of hydrogen-bond donors (Lipinski definition) is 2. The molecular formula is C22H33NO4. The molecule has 27 heavy (non-hydrogen) atoms. The van der Waals surface area contributed by atoms with Gasteiger partial charge in [0.2, 0.25) is 0 Å². The zero-order valence-electron chi connectivity index (χ0n) is 16.6. The molecule has 0 aromatic rings. The van der Waals surface area contributed by atoms with Gasteiger partial charge in [-0.1, -0.05) is 13.3 Å². The molecule has 9 rings (SSSR count). The minimum atomic E-state index is -0.599. The Hall–Kier alpha value is -0.200. The van der Waals surface area contributed by atoms with E-state index in [1.165, 1.54) is 12.8 Å². The molecule has 4 aliphatic heterocycles. The van der Waals surface area contributed by atoms with Crippen LogP contribution in [0.4, 0.5) is 0 Å². The topological polar surface area (TPSA) is 62.2 Å². The Morgan fingerprint density at radius 1 is 1.11 bits per heavy atom. The molecule has 2 N–H and O–H groups in total. The van der Waals surface area contributed by atoms with Crippen LogP contribution in [0.1, 0.15) is 58.8 Å². The molecule has 0 aromatic heterocycles. The maximum absolute atomic E-state index is 11.7. The first-order valence-electron chi connectivity index (χ1n) is 11.3. The van der Waals surface area contributed by atoms with Gasteiger partial charge in [-0.05, 0) is 57.3 Å². The van der Waals surface area contributed by atoms with Crippen LogP contribution in [0.25, 0.3) is 0 Å². The van der Waals surface area contributed by atoms with Gasteiger partial charge in [-0.25, -0.2) is 4.90 Å². The Balaban J connectivity index is 1.45. The van der Waals surface area contributed by atoms with Crippen LogP contribution >= 0.6 is 0 Å². The molecule has 9 unspecified atom stereocenters. The Labute approximate surface area is 161 Å². The fourth-order valence-electron chi connectivity index (χ4n) is 10.2. The highest BCUT2D eigenvalue weighted by molar-refractivity contribution is 5.28. The zero-order valence-corrected chi connectivity index (χ0v) is 16.6. The van der Waals surface area contributed by atoms with Crippen molar-refractivity contribution in [1.29, 1.82) is 0 Å². The molecule has 0 radical (unpaired) electrons. The van der Waals surface area contributed by atoms with E-state index >= 15 is 0 Å². The lowest BCUT2D eigenvalue weighted by molar-refractivity contribution is -0.448. The summed E-state index contributed by atoms with van der Waals surface area (Å²) in [7, 11) is 0. The van der Waals surface area contributed by atoms with Gasteiger partial charge in [0.25, 0.3) is 0 Å². The number of piperidine rings is 1. The lowest BCUT2D eigenvalue weighted by Crippen LogP contribution is -2.86. The highest BCUT2D eigenvalue weighted by Gasteiger charge is 2.82. The van der Waals surface area contributed by atoms with Crippen molar-refractivity contribution in [2.24, 2.45) is 34.0 Å². The Morgan fingerprint density at radius 2 is 1.96 bits per heavy atom. The predicted molar refractivity (Wildman–Crippen MR) is 97.5 cm³/mol. The van der Waals surface area contributed by atoms with Crippen LogP contribution in [0.15, 0.2) is 0 Å². The van der Waals surface area contributed by atoms with Crippen molar-refractivity contribution in [3.05, 3.63) is 0 Å². The van der Waals surface area contributed by atoms with E-state index in [9.17, 15) is 10.2 Å². The lowest BCUT2D eigenvalue weighted by atomic mass is 9.31. The summed E-state index contributed by atoms with van der Waals surface area (Å²) in [5, 5.41) is 22.9. The Bertz CT molecular complexity index is 712. The van der Waals surface area contributed by atoms with Gasteiger partial charge in [-0.2, -0.15) is 0 Å². The van der Waals surface area contributed by atoms with Crippen molar-refractivity contribution in [2.45, 2.75) is 89.1 Å². The average molecular weight is 376 g/mol. The second-order valence-corrected chi connectivity index (χ2v) is 11.6. The molecular weight excluding hydrogens is 342 g/mol. The highest BCUT2D eigenvalue weighted by atomic mass is 16.6. The predicted octanol–water partition coefficient (Wildman–Crippen LogP) is 2.11. The molecule has 5 heteroatoms. The maximum atomic E-state index is 11.7. The minimum absolute atomic E-state index is 0.0213. The monoisotopic (exact) mass is 375 g/mol. The van der Waals surface area contributed by atoms with E-state index in [0.717, 1.165) is 45.3 Å². The van der Waals surface area contributed by atoms with Crippen molar-refractivity contribution in [3.63, 3.8) is 0 Å². The molecule has 2 spiro atoms. The largest absolute Gasteiger partial charge is 0.390 e. The standard InChI is InChI=1S/C22H33NO4/c1-19-5-3-6-22-13-10-12-4-7-21(13,11-20(12,2)25)16(14(24)15(19)22)27-18(22)23-8-9-26-17(19)23/h12-18,24-25H,3-11H2,1-2H3/t12?,13?,14?,15?,16?,17?,18?,19-,20+,21?,22?/m1/s1. The second kappa shape index (κ2) is 4.59. The fraction of sp³-hybridized carbons (Fsp3) is 1.00. The maximum Gasteiger partial charge on any atom is 0.119 e. The van der Waals surface area contributed by atoms with Crippen molar-refractivity contribution in [3.8, 4) is 0 Å². The third-order valence-electron chi connectivity index (χ3n) is 10.7. The molecule has 7 bridgehead atoms. The average Bonchev–Trinajstić information content (AvgIpc) is 3.10. The molecule has 0 aromatic carbocycles. The summed E-state index contributed by atoms with van der Waals surface area (Å²) in [6.45, 7) is 6.18. The first-order chi connectivity index (χ1) is 12.8. The molecule has 5 aliphatic carbocycles. The number of ether oxygens (including phenoxy) is 2. The van der Waals surface area contributed by atoms with Gasteiger partial charge in [0.05, 0.1) is 24.4 Å². The minimum Gasteiger partial charge on any atom is -0.390 e. The van der Waals surface area contributed by atoms with Gasteiger partial charge in [-0.3, -0.25) is 0 Å². The van der Waals surface area contributed by atoms with Crippen molar-refractivity contribution >= 4 is 0 Å². The zero-order chi connectivity index (χ0) is 18.4. The van der Waals surface area contributed by atoms with Gasteiger partial charge < -0.3 is 19.7 Å². The van der Waals surface area contributed by atoms with Crippen LogP contribution in [-0.4, -0.2) is 58.5 Å². The van der Waals surface area contributed by atoms with Crippen LogP contribution in [0, 0.1) is 34.0 Å². The Morgan fingerprint density at radius 3 is 2.78 bits per heavy atom. The lowest BCUT2D eigenvalue weighted by Gasteiger charge is -2.81. The normalized spacial score (nSPS) is 68.7. The number of aliphatic hydroxyl groups is 2. The fourth-order valence-corrected chi connectivity index (χ4v) is 10.2. The second-order valence-electron chi connectivity index (χ2n) is 11.6. The molecule has 4 heterocycles. The third kappa shape index (κ3) is 1.53. The van der Waals surface area contributed by atoms with Crippen LogP contribution in [0.2, 0.25) is 0 Å². The van der Waals surface area contributed by atoms with E-state index in [-0.39, 0.29) is 40.7 Å². The van der Waals surface area contributed by atoms with Gasteiger partial charge in [0.1, 0.15) is 12.5 Å².